The molecule has 11 heteroatoms. The number of aliphatic hydroxyl groups is 2. The summed E-state index contributed by atoms with van der Waals surface area (Å²) < 4.78 is 34.2. The summed E-state index contributed by atoms with van der Waals surface area (Å²) in [6, 6.07) is -2.66. The van der Waals surface area contributed by atoms with Crippen molar-refractivity contribution in [1.82, 2.24) is 9.55 Å². The molecule has 0 aliphatic carbocycles. The fourth-order valence-electron chi connectivity index (χ4n) is 2.37. The molecule has 1 fully saturated rings. The molecule has 116 valence electrons. The molecule has 0 radical (unpaired) electrons. The van der Waals surface area contributed by atoms with Crippen molar-refractivity contribution in [1.29, 1.82) is 0 Å². The minimum Gasteiger partial charge on any atom is -0.394 e. The molecule has 1 aromatic heterocycles. The Morgan fingerprint density at radius 2 is 2.29 bits per heavy atom. The van der Waals surface area contributed by atoms with E-state index < -0.39 is 37.3 Å². The molecule has 9 nitrogen and oxygen atoms in total. The van der Waals surface area contributed by atoms with Gasteiger partial charge in [0.15, 0.2) is 18.2 Å². The Kier molecular flexibility index (Phi) is 3.09. The summed E-state index contributed by atoms with van der Waals surface area (Å²) in [5, 5.41) is 20.9. The Morgan fingerprint density at radius 1 is 1.57 bits per heavy atom. The van der Waals surface area contributed by atoms with Crippen LogP contribution in [0.4, 0.5) is 14.6 Å². The fraction of sp³-hybridized carbons (Fsp3) is 0.600. The molecule has 1 saturated heterocycles. The third kappa shape index (κ3) is 2.14. The zero-order chi connectivity index (χ0) is 15.4. The largest absolute Gasteiger partial charge is 0.394 e. The van der Waals surface area contributed by atoms with Crippen molar-refractivity contribution in [2.75, 3.05) is 11.9 Å². The highest BCUT2D eigenvalue weighted by Gasteiger charge is 2.46. The van der Waals surface area contributed by atoms with Gasteiger partial charge in [0.05, 0.1) is 12.9 Å². The smallest absolute Gasteiger partial charge is 0.337 e. The highest BCUT2D eigenvalue weighted by atomic mass is 19.2. The minimum absolute atomic E-state index is 0.0223. The quantitative estimate of drug-likeness (QED) is 0.403. The lowest BCUT2D eigenvalue weighted by atomic mass is 10.1. The second-order valence-electron chi connectivity index (χ2n) is 4.83. The number of hydrogen-bond donors (Lipinski definition) is 5. The standard InChI is InChI=1S/C10H14F2N6O3/c11-4-6(20)3(1-19)21-9(4)18-2-15-5-7(13)16-10(12,14)17-8(5)18/h2-4,6,9,17,19-20H,1,14H2,(H2,13,16)/t3-,4?,6-,9-,10?/m1/s1. The lowest BCUT2D eigenvalue weighted by Crippen LogP contribution is -2.47. The number of anilines is 1. The first-order valence-corrected chi connectivity index (χ1v) is 6.11. The van der Waals surface area contributed by atoms with Crippen LogP contribution in [0.25, 0.3) is 0 Å². The molecule has 0 bridgehead atoms. The Bertz CT molecular complexity index is 591. The first-order chi connectivity index (χ1) is 9.84. The van der Waals surface area contributed by atoms with Crippen molar-refractivity contribution < 1.29 is 23.7 Å². The first-order valence-electron chi connectivity index (χ1n) is 6.11. The lowest BCUT2D eigenvalue weighted by Gasteiger charge is -2.26. The molecule has 7 N–H and O–H groups in total. The summed E-state index contributed by atoms with van der Waals surface area (Å²) in [6.07, 6.45) is -4.59. The van der Waals surface area contributed by atoms with Crippen molar-refractivity contribution in [2.24, 2.45) is 16.5 Å². The van der Waals surface area contributed by atoms with Gasteiger partial charge >= 0.3 is 6.04 Å². The number of imidazole rings is 1. The number of aliphatic imine (C=N–C) groups is 1. The summed E-state index contributed by atoms with van der Waals surface area (Å²) in [5.41, 5.74) is 10.8. The lowest BCUT2D eigenvalue weighted by molar-refractivity contribution is -0.0467. The van der Waals surface area contributed by atoms with Gasteiger partial charge < -0.3 is 26.0 Å². The van der Waals surface area contributed by atoms with Gasteiger partial charge in [0, 0.05) is 0 Å². The van der Waals surface area contributed by atoms with Gasteiger partial charge in [0.2, 0.25) is 0 Å². The second kappa shape index (κ2) is 4.59. The van der Waals surface area contributed by atoms with E-state index in [1.807, 2.05) is 0 Å². The number of aliphatic hydroxyl groups excluding tert-OH is 2. The maximum absolute atomic E-state index is 14.1. The molecule has 3 heterocycles. The van der Waals surface area contributed by atoms with Crippen LogP contribution in [-0.4, -0.2) is 56.6 Å². The Hall–Kier alpha value is -1.82. The van der Waals surface area contributed by atoms with Crippen molar-refractivity contribution in [2.45, 2.75) is 30.6 Å². The maximum Gasteiger partial charge on any atom is 0.337 e. The first kappa shape index (κ1) is 14.1. The van der Waals surface area contributed by atoms with Gasteiger partial charge in [0.25, 0.3) is 0 Å². The molecule has 0 spiro atoms. The monoisotopic (exact) mass is 304 g/mol. The van der Waals surface area contributed by atoms with Gasteiger partial charge in [-0.3, -0.25) is 10.3 Å². The Balaban J connectivity index is 1.98. The number of rotatable bonds is 2. The van der Waals surface area contributed by atoms with Gasteiger partial charge in [-0.15, -0.1) is 0 Å². The van der Waals surface area contributed by atoms with Crippen LogP contribution in [0.1, 0.15) is 11.9 Å². The van der Waals surface area contributed by atoms with Crippen LogP contribution in [0, 0.1) is 0 Å². The molecular weight excluding hydrogens is 290 g/mol. The van der Waals surface area contributed by atoms with Crippen molar-refractivity contribution in [3.8, 4) is 0 Å². The maximum atomic E-state index is 14.1. The van der Waals surface area contributed by atoms with Crippen molar-refractivity contribution in [3.05, 3.63) is 12.0 Å². The average Bonchev–Trinajstić information content (AvgIpc) is 2.92. The van der Waals surface area contributed by atoms with Crippen LogP contribution < -0.4 is 16.8 Å². The summed E-state index contributed by atoms with van der Waals surface area (Å²) >= 11 is 0. The molecule has 0 amide bonds. The van der Waals surface area contributed by atoms with E-state index in [0.29, 0.717) is 0 Å². The number of nitrogens with zero attached hydrogens (tertiary/aromatic N) is 3. The number of alkyl halides is 2. The predicted octanol–water partition coefficient (Wildman–Crippen LogP) is -1.86. The fourth-order valence-corrected chi connectivity index (χ4v) is 2.37. The third-order valence-electron chi connectivity index (χ3n) is 3.36. The van der Waals surface area contributed by atoms with E-state index in [4.69, 9.17) is 21.3 Å². The van der Waals surface area contributed by atoms with Crippen LogP contribution in [0.3, 0.4) is 0 Å². The van der Waals surface area contributed by atoms with E-state index in [2.05, 4.69) is 15.3 Å². The molecule has 2 unspecified atom stereocenters. The highest BCUT2D eigenvalue weighted by molar-refractivity contribution is 6.01. The number of ether oxygens (including phenoxy) is 1. The molecular formula is C10H14F2N6O3. The van der Waals surface area contributed by atoms with Gasteiger partial charge in [-0.25, -0.2) is 9.37 Å². The number of nitrogens with one attached hydrogen (secondary N) is 1. The normalized spacial score (nSPS) is 38.8. The number of halogens is 2. The highest BCUT2D eigenvalue weighted by Crippen LogP contribution is 2.36. The zero-order valence-corrected chi connectivity index (χ0v) is 10.6. The van der Waals surface area contributed by atoms with Gasteiger partial charge in [0.1, 0.15) is 23.7 Å². The number of amidine groups is 1. The van der Waals surface area contributed by atoms with Gasteiger partial charge in [-0.05, 0) is 0 Å². The van der Waals surface area contributed by atoms with E-state index in [1.54, 1.807) is 0 Å². The number of fused-ring (bicyclic) bond motifs is 1. The van der Waals surface area contributed by atoms with E-state index in [-0.39, 0.29) is 17.3 Å². The van der Waals surface area contributed by atoms with Crippen LogP contribution in [-0.2, 0) is 4.74 Å². The number of hydrogen-bond acceptors (Lipinski definition) is 8. The summed E-state index contributed by atoms with van der Waals surface area (Å²) in [7, 11) is 0. The Morgan fingerprint density at radius 3 is 2.90 bits per heavy atom. The van der Waals surface area contributed by atoms with Gasteiger partial charge in [-0.1, -0.05) is 0 Å². The molecule has 0 saturated carbocycles. The van der Waals surface area contributed by atoms with E-state index in [9.17, 15) is 13.9 Å². The number of nitrogens with two attached hydrogens (primary N) is 2. The molecule has 0 aromatic carbocycles. The van der Waals surface area contributed by atoms with Crippen LogP contribution in [0.5, 0.6) is 0 Å². The minimum atomic E-state index is -2.66. The topological polar surface area (TPSA) is 144 Å². The Labute approximate surface area is 117 Å². The van der Waals surface area contributed by atoms with Crippen LogP contribution in [0.15, 0.2) is 11.3 Å². The number of aromatic nitrogens is 2. The summed E-state index contributed by atoms with van der Waals surface area (Å²) in [6.45, 7) is -0.560. The SMILES string of the molecule is NC1=NC(N)(F)Nc2c1ncn2[C@@H]1O[C@H](CO)[C@@H](O)C1F. The van der Waals surface area contributed by atoms with Gasteiger partial charge in [-0.2, -0.15) is 9.38 Å². The molecule has 3 rings (SSSR count). The van der Waals surface area contributed by atoms with Crippen LogP contribution >= 0.6 is 0 Å². The third-order valence-corrected chi connectivity index (χ3v) is 3.36. The van der Waals surface area contributed by atoms with Crippen LogP contribution in [0.2, 0.25) is 0 Å². The molecule has 1 aromatic rings. The molecule has 2 aliphatic rings. The zero-order valence-electron chi connectivity index (χ0n) is 10.6. The van der Waals surface area contributed by atoms with E-state index in [1.165, 1.54) is 0 Å². The van der Waals surface area contributed by atoms with Crippen molar-refractivity contribution >= 4 is 11.7 Å². The molecule has 21 heavy (non-hydrogen) atoms. The average molecular weight is 304 g/mol. The molecule has 5 atom stereocenters. The van der Waals surface area contributed by atoms with E-state index >= 15 is 0 Å². The van der Waals surface area contributed by atoms with E-state index in [0.717, 1.165) is 10.9 Å². The predicted molar refractivity (Wildman–Crippen MR) is 66.5 cm³/mol. The second-order valence-corrected chi connectivity index (χ2v) is 4.83. The van der Waals surface area contributed by atoms with Crippen molar-refractivity contribution in [3.63, 3.8) is 0 Å². The summed E-state index contributed by atoms with van der Waals surface area (Å²) in [4.78, 5) is 7.25. The molecule has 2 aliphatic heterocycles. The summed E-state index contributed by atoms with van der Waals surface area (Å²) in [5.74, 6) is -0.272.